The highest BCUT2D eigenvalue weighted by Crippen LogP contribution is 2.09. The minimum Gasteiger partial charge on any atom is -0.292 e. The predicted molar refractivity (Wildman–Crippen MR) is 59.6 cm³/mol. The number of nitro groups is 1. The molecule has 0 spiro atoms. The van der Waals surface area contributed by atoms with Crippen LogP contribution in [0.3, 0.4) is 0 Å². The Morgan fingerprint density at radius 1 is 1.39 bits per heavy atom. The molecule has 6 nitrogen and oxygen atoms in total. The summed E-state index contributed by atoms with van der Waals surface area (Å²) in [5.74, 6) is -0.728. The molecule has 0 N–H and O–H groups in total. The molecule has 1 heterocycles. The largest absolute Gasteiger partial charge is 0.307 e. The molecule has 18 heavy (non-hydrogen) atoms. The number of rotatable bonds is 4. The van der Waals surface area contributed by atoms with Crippen LogP contribution >= 0.6 is 0 Å². The van der Waals surface area contributed by atoms with Crippen LogP contribution in [0, 0.1) is 15.9 Å². The molecule has 0 unspecified atom stereocenters. The number of nitrogens with zero attached hydrogens (tertiary/aromatic N) is 3. The van der Waals surface area contributed by atoms with Crippen molar-refractivity contribution in [3.05, 3.63) is 58.2 Å². The van der Waals surface area contributed by atoms with E-state index < -0.39 is 10.7 Å². The number of aromatic nitrogens is 2. The molecule has 0 fully saturated rings. The zero-order valence-corrected chi connectivity index (χ0v) is 9.12. The average molecular weight is 249 g/mol. The standard InChI is InChI=1S/C11H8FN3O3/c12-9-3-1-8(2-4-9)11(16)7-14-6-10(5-13-14)15(17)18/h1-6H,7H2. The lowest BCUT2D eigenvalue weighted by Crippen LogP contribution is -2.10. The molecule has 2 aromatic rings. The Hall–Kier alpha value is -2.57. The summed E-state index contributed by atoms with van der Waals surface area (Å²) in [5, 5.41) is 14.1. The summed E-state index contributed by atoms with van der Waals surface area (Å²) in [7, 11) is 0. The van der Waals surface area contributed by atoms with Crippen LogP contribution in [0.25, 0.3) is 0 Å². The van der Waals surface area contributed by atoms with Gasteiger partial charge in [-0.3, -0.25) is 19.6 Å². The van der Waals surface area contributed by atoms with Gasteiger partial charge >= 0.3 is 5.69 Å². The average Bonchev–Trinajstić information content (AvgIpc) is 2.78. The molecule has 2 rings (SSSR count). The fraction of sp³-hybridized carbons (Fsp3) is 0.0909. The zero-order chi connectivity index (χ0) is 13.1. The van der Waals surface area contributed by atoms with Crippen molar-refractivity contribution in [1.29, 1.82) is 0 Å². The summed E-state index contributed by atoms with van der Waals surface area (Å²) in [6.45, 7) is -0.126. The van der Waals surface area contributed by atoms with Gasteiger partial charge in [0.05, 0.1) is 4.92 Å². The van der Waals surface area contributed by atoms with Gasteiger partial charge in [-0.05, 0) is 24.3 Å². The van der Waals surface area contributed by atoms with E-state index >= 15 is 0 Å². The van der Waals surface area contributed by atoms with Gasteiger partial charge in [-0.2, -0.15) is 5.10 Å². The van der Waals surface area contributed by atoms with Crippen LogP contribution in [-0.2, 0) is 6.54 Å². The normalized spacial score (nSPS) is 10.3. The second-order valence-corrected chi connectivity index (χ2v) is 3.58. The first-order valence-corrected chi connectivity index (χ1v) is 5.02. The molecule has 92 valence electrons. The van der Waals surface area contributed by atoms with Crippen molar-refractivity contribution in [2.75, 3.05) is 0 Å². The lowest BCUT2D eigenvalue weighted by Gasteiger charge is -2.00. The van der Waals surface area contributed by atoms with Crippen molar-refractivity contribution in [2.24, 2.45) is 0 Å². The van der Waals surface area contributed by atoms with Crippen LogP contribution in [0.2, 0.25) is 0 Å². The monoisotopic (exact) mass is 249 g/mol. The minimum absolute atomic E-state index is 0.126. The molecule has 1 aromatic carbocycles. The Balaban J connectivity index is 2.11. The third-order valence-corrected chi connectivity index (χ3v) is 2.30. The SMILES string of the molecule is O=C(Cn1cc([N+](=O)[O-])cn1)c1ccc(F)cc1. The van der Waals surface area contributed by atoms with Gasteiger partial charge in [0.15, 0.2) is 5.78 Å². The van der Waals surface area contributed by atoms with E-state index in [9.17, 15) is 19.3 Å². The molecule has 0 saturated carbocycles. The van der Waals surface area contributed by atoms with Gasteiger partial charge in [0.1, 0.15) is 24.8 Å². The zero-order valence-electron chi connectivity index (χ0n) is 9.12. The van der Waals surface area contributed by atoms with E-state index in [0.717, 1.165) is 6.20 Å². The first kappa shape index (κ1) is 11.9. The van der Waals surface area contributed by atoms with Crippen LogP contribution in [0.15, 0.2) is 36.7 Å². The molecule has 0 aliphatic heterocycles. The smallest absolute Gasteiger partial charge is 0.292 e. The van der Waals surface area contributed by atoms with Crippen LogP contribution in [-0.4, -0.2) is 20.5 Å². The Morgan fingerprint density at radius 2 is 2.06 bits per heavy atom. The van der Waals surface area contributed by atoms with Gasteiger partial charge in [0, 0.05) is 5.56 Å². The number of hydrogen-bond donors (Lipinski definition) is 0. The lowest BCUT2D eigenvalue weighted by molar-refractivity contribution is -0.385. The van der Waals surface area contributed by atoms with Crippen LogP contribution in [0.4, 0.5) is 10.1 Å². The van der Waals surface area contributed by atoms with Gasteiger partial charge in [-0.1, -0.05) is 0 Å². The number of halogens is 1. The second-order valence-electron chi connectivity index (χ2n) is 3.58. The van der Waals surface area contributed by atoms with Gasteiger partial charge in [-0.15, -0.1) is 0 Å². The maximum Gasteiger partial charge on any atom is 0.307 e. The highest BCUT2D eigenvalue weighted by molar-refractivity contribution is 5.95. The van der Waals surface area contributed by atoms with Gasteiger partial charge in [0.25, 0.3) is 0 Å². The highest BCUT2D eigenvalue weighted by Gasteiger charge is 2.12. The maximum absolute atomic E-state index is 12.7. The molecule has 0 saturated heterocycles. The second kappa shape index (κ2) is 4.74. The molecule has 0 bridgehead atoms. The topological polar surface area (TPSA) is 78.0 Å². The first-order valence-electron chi connectivity index (χ1n) is 5.02. The van der Waals surface area contributed by atoms with E-state index in [1.165, 1.54) is 35.1 Å². The predicted octanol–water partition coefficient (Wildman–Crippen LogP) is 1.81. The number of Topliss-reactive ketones (excluding diaryl/α,β-unsaturated/α-hetero) is 1. The van der Waals surface area contributed by atoms with Crippen molar-refractivity contribution in [3.63, 3.8) is 0 Å². The summed E-state index contributed by atoms with van der Waals surface area (Å²) in [6.07, 6.45) is 2.24. The van der Waals surface area contributed by atoms with E-state index in [1.807, 2.05) is 0 Å². The molecular formula is C11H8FN3O3. The fourth-order valence-corrected chi connectivity index (χ4v) is 1.41. The van der Waals surface area contributed by atoms with E-state index in [1.54, 1.807) is 0 Å². The highest BCUT2D eigenvalue weighted by atomic mass is 19.1. The molecule has 7 heteroatoms. The molecule has 0 amide bonds. The van der Waals surface area contributed by atoms with E-state index in [0.29, 0.717) is 5.56 Å². The number of carbonyl (C=O) groups excluding carboxylic acids is 1. The van der Waals surface area contributed by atoms with Crippen molar-refractivity contribution in [2.45, 2.75) is 6.54 Å². The summed E-state index contributed by atoms with van der Waals surface area (Å²) >= 11 is 0. The summed E-state index contributed by atoms with van der Waals surface area (Å²) < 4.78 is 13.8. The van der Waals surface area contributed by atoms with E-state index in [2.05, 4.69) is 5.10 Å². The van der Waals surface area contributed by atoms with Crippen molar-refractivity contribution >= 4 is 11.5 Å². The Bertz CT molecular complexity index is 592. The number of benzene rings is 1. The molecule has 0 radical (unpaired) electrons. The first-order chi connectivity index (χ1) is 8.56. The van der Waals surface area contributed by atoms with Crippen LogP contribution in [0.5, 0.6) is 0 Å². The number of hydrogen-bond acceptors (Lipinski definition) is 4. The van der Waals surface area contributed by atoms with Gasteiger partial charge < -0.3 is 0 Å². The summed E-state index contributed by atoms with van der Waals surface area (Å²) in [6, 6.07) is 5.07. The molecule has 0 atom stereocenters. The Kier molecular flexibility index (Phi) is 3.13. The Morgan fingerprint density at radius 3 is 2.61 bits per heavy atom. The maximum atomic E-state index is 12.7. The van der Waals surface area contributed by atoms with Gasteiger partial charge in [-0.25, -0.2) is 4.39 Å². The van der Waals surface area contributed by atoms with Crippen molar-refractivity contribution in [1.82, 2.24) is 9.78 Å². The molecular weight excluding hydrogens is 241 g/mol. The van der Waals surface area contributed by atoms with E-state index in [4.69, 9.17) is 0 Å². The molecule has 0 aliphatic rings. The summed E-state index contributed by atoms with van der Waals surface area (Å²) in [5.41, 5.74) is 0.149. The summed E-state index contributed by atoms with van der Waals surface area (Å²) in [4.78, 5) is 21.6. The Labute approximate surface area is 101 Å². The minimum atomic E-state index is -0.591. The van der Waals surface area contributed by atoms with Crippen molar-refractivity contribution in [3.8, 4) is 0 Å². The van der Waals surface area contributed by atoms with Crippen LogP contribution in [0.1, 0.15) is 10.4 Å². The van der Waals surface area contributed by atoms with Crippen LogP contribution < -0.4 is 0 Å². The third kappa shape index (κ3) is 2.57. The quantitative estimate of drug-likeness (QED) is 0.470. The fourth-order valence-electron chi connectivity index (χ4n) is 1.41. The van der Waals surface area contributed by atoms with Gasteiger partial charge in [0.2, 0.25) is 0 Å². The number of carbonyl (C=O) groups is 1. The molecule has 1 aromatic heterocycles. The van der Waals surface area contributed by atoms with Crippen molar-refractivity contribution < 1.29 is 14.1 Å². The van der Waals surface area contributed by atoms with E-state index in [-0.39, 0.29) is 18.0 Å². The number of ketones is 1. The molecule has 0 aliphatic carbocycles. The lowest BCUT2D eigenvalue weighted by atomic mass is 10.1. The third-order valence-electron chi connectivity index (χ3n) is 2.30.